The smallest absolute Gasteiger partial charge is 0.203 e. The SMILES string of the molecule is Cn1cnn(-c2ncnc3scc(-c4cccc(S(C)(=O)=O)c4)c23)c1=S. The Morgan fingerprint density at radius 1 is 1.23 bits per heavy atom. The van der Waals surface area contributed by atoms with Crippen molar-refractivity contribution in [1.82, 2.24) is 24.3 Å². The second-order valence-electron chi connectivity index (χ2n) is 5.76. The molecule has 0 radical (unpaired) electrons. The van der Waals surface area contributed by atoms with E-state index >= 15 is 0 Å². The maximum absolute atomic E-state index is 11.9. The first-order valence-electron chi connectivity index (χ1n) is 7.50. The molecule has 10 heteroatoms. The van der Waals surface area contributed by atoms with Crippen LogP contribution in [0.25, 0.3) is 27.2 Å². The van der Waals surface area contributed by atoms with E-state index in [4.69, 9.17) is 12.2 Å². The van der Waals surface area contributed by atoms with Crippen LogP contribution in [0.3, 0.4) is 0 Å². The minimum Gasteiger partial charge on any atom is -0.309 e. The van der Waals surface area contributed by atoms with Gasteiger partial charge in [0.15, 0.2) is 15.7 Å². The fraction of sp³-hybridized carbons (Fsp3) is 0.125. The first-order chi connectivity index (χ1) is 12.4. The van der Waals surface area contributed by atoms with Gasteiger partial charge in [-0.3, -0.25) is 0 Å². The monoisotopic (exact) mass is 403 g/mol. The van der Waals surface area contributed by atoms with E-state index in [1.807, 2.05) is 18.5 Å². The second kappa shape index (κ2) is 6.08. The van der Waals surface area contributed by atoms with Crippen LogP contribution in [0.1, 0.15) is 0 Å². The van der Waals surface area contributed by atoms with Gasteiger partial charge >= 0.3 is 0 Å². The van der Waals surface area contributed by atoms with Crippen molar-refractivity contribution in [2.75, 3.05) is 6.26 Å². The number of thiophene rings is 1. The summed E-state index contributed by atoms with van der Waals surface area (Å²) in [7, 11) is -1.49. The number of nitrogens with zero attached hydrogens (tertiary/aromatic N) is 5. The molecule has 4 aromatic rings. The van der Waals surface area contributed by atoms with Crippen molar-refractivity contribution in [3.8, 4) is 16.9 Å². The molecule has 0 atom stereocenters. The first kappa shape index (κ1) is 17.0. The molecule has 0 bridgehead atoms. The van der Waals surface area contributed by atoms with E-state index in [2.05, 4.69) is 15.1 Å². The second-order valence-corrected chi connectivity index (χ2v) is 9.00. The Hall–Kier alpha value is -2.43. The quantitative estimate of drug-likeness (QED) is 0.489. The zero-order valence-electron chi connectivity index (χ0n) is 13.8. The Morgan fingerprint density at radius 2 is 2.04 bits per heavy atom. The highest BCUT2D eigenvalue weighted by Gasteiger charge is 2.17. The van der Waals surface area contributed by atoms with Crippen molar-refractivity contribution in [3.05, 3.63) is 47.1 Å². The van der Waals surface area contributed by atoms with Gasteiger partial charge in [-0.2, -0.15) is 9.78 Å². The average molecular weight is 404 g/mol. The zero-order valence-corrected chi connectivity index (χ0v) is 16.3. The molecular weight excluding hydrogens is 390 g/mol. The number of aromatic nitrogens is 5. The minimum absolute atomic E-state index is 0.266. The molecule has 0 aliphatic carbocycles. The molecule has 0 saturated heterocycles. The molecule has 0 unspecified atom stereocenters. The van der Waals surface area contributed by atoms with Crippen LogP contribution < -0.4 is 0 Å². The van der Waals surface area contributed by atoms with Gasteiger partial charge in [0.25, 0.3) is 0 Å². The molecular formula is C16H13N5O2S3. The molecule has 4 rings (SSSR count). The number of aryl methyl sites for hydroxylation is 1. The van der Waals surface area contributed by atoms with Crippen LogP contribution in [0.5, 0.6) is 0 Å². The summed E-state index contributed by atoms with van der Waals surface area (Å²) in [4.78, 5) is 9.75. The van der Waals surface area contributed by atoms with Gasteiger partial charge in [0.1, 0.15) is 17.5 Å². The Kier molecular flexibility index (Phi) is 3.98. The van der Waals surface area contributed by atoms with Gasteiger partial charge in [-0.1, -0.05) is 12.1 Å². The summed E-state index contributed by atoms with van der Waals surface area (Å²) < 4.78 is 27.6. The van der Waals surface area contributed by atoms with Crippen LogP contribution in [0.15, 0.2) is 47.2 Å². The van der Waals surface area contributed by atoms with Gasteiger partial charge in [0.2, 0.25) is 4.77 Å². The van der Waals surface area contributed by atoms with E-state index in [1.165, 1.54) is 23.9 Å². The summed E-state index contributed by atoms with van der Waals surface area (Å²) >= 11 is 6.86. The minimum atomic E-state index is -3.30. The summed E-state index contributed by atoms with van der Waals surface area (Å²) in [6.45, 7) is 0. The molecule has 0 amide bonds. The van der Waals surface area contributed by atoms with Gasteiger partial charge in [-0.05, 0) is 29.9 Å². The molecule has 3 aromatic heterocycles. The summed E-state index contributed by atoms with van der Waals surface area (Å²) in [6, 6.07) is 6.83. The van der Waals surface area contributed by atoms with Crippen molar-refractivity contribution < 1.29 is 8.42 Å². The lowest BCUT2D eigenvalue weighted by Crippen LogP contribution is -2.02. The lowest BCUT2D eigenvalue weighted by atomic mass is 10.1. The maximum atomic E-state index is 11.9. The molecule has 0 fully saturated rings. The Bertz CT molecular complexity index is 1300. The van der Waals surface area contributed by atoms with Gasteiger partial charge in [-0.15, -0.1) is 11.3 Å². The van der Waals surface area contributed by atoms with Gasteiger partial charge in [0, 0.05) is 24.2 Å². The van der Waals surface area contributed by atoms with Gasteiger partial charge in [0.05, 0.1) is 10.3 Å². The summed E-state index contributed by atoms with van der Waals surface area (Å²) in [5.41, 5.74) is 1.62. The van der Waals surface area contributed by atoms with Gasteiger partial charge in [-0.25, -0.2) is 18.4 Å². The highest BCUT2D eigenvalue weighted by Crippen LogP contribution is 2.36. The number of rotatable bonds is 3. The van der Waals surface area contributed by atoms with Crippen LogP contribution >= 0.6 is 23.6 Å². The van der Waals surface area contributed by atoms with Crippen LogP contribution in [0.4, 0.5) is 0 Å². The predicted octanol–water partition coefficient (Wildman–Crippen LogP) is 3.02. The van der Waals surface area contributed by atoms with Crippen molar-refractivity contribution in [1.29, 1.82) is 0 Å². The van der Waals surface area contributed by atoms with Crippen LogP contribution in [-0.4, -0.2) is 39.0 Å². The molecule has 0 spiro atoms. The van der Waals surface area contributed by atoms with Crippen molar-refractivity contribution in [2.24, 2.45) is 7.05 Å². The summed E-state index contributed by atoms with van der Waals surface area (Å²) in [5, 5.41) is 7.03. The number of benzene rings is 1. The lowest BCUT2D eigenvalue weighted by molar-refractivity contribution is 0.602. The molecule has 0 aliphatic heterocycles. The topological polar surface area (TPSA) is 82.7 Å². The maximum Gasteiger partial charge on any atom is 0.203 e. The highest BCUT2D eigenvalue weighted by molar-refractivity contribution is 7.90. The molecule has 1 aromatic carbocycles. The van der Waals surface area contributed by atoms with E-state index in [1.54, 1.807) is 33.8 Å². The van der Waals surface area contributed by atoms with Crippen LogP contribution in [0.2, 0.25) is 0 Å². The third kappa shape index (κ3) is 2.75. The average Bonchev–Trinajstić information content (AvgIpc) is 3.19. The first-order valence-corrected chi connectivity index (χ1v) is 10.7. The van der Waals surface area contributed by atoms with Crippen molar-refractivity contribution in [3.63, 3.8) is 0 Å². The number of hydrogen-bond acceptors (Lipinski definition) is 7. The van der Waals surface area contributed by atoms with Crippen molar-refractivity contribution >= 4 is 43.6 Å². The highest BCUT2D eigenvalue weighted by atomic mass is 32.2. The van der Waals surface area contributed by atoms with E-state index in [0.29, 0.717) is 10.6 Å². The molecule has 26 heavy (non-hydrogen) atoms. The molecule has 0 saturated carbocycles. The Morgan fingerprint density at radius 3 is 2.73 bits per heavy atom. The van der Waals surface area contributed by atoms with E-state index in [9.17, 15) is 8.42 Å². The molecule has 0 aliphatic rings. The normalized spacial score (nSPS) is 11.9. The number of fused-ring (bicyclic) bond motifs is 1. The molecule has 3 heterocycles. The fourth-order valence-electron chi connectivity index (χ4n) is 2.65. The van der Waals surface area contributed by atoms with Crippen LogP contribution in [-0.2, 0) is 16.9 Å². The lowest BCUT2D eigenvalue weighted by Gasteiger charge is -2.06. The molecule has 0 N–H and O–H groups in total. The van der Waals surface area contributed by atoms with E-state index in [-0.39, 0.29) is 4.90 Å². The fourth-order valence-corrected chi connectivity index (χ4v) is 4.41. The largest absolute Gasteiger partial charge is 0.309 e. The summed E-state index contributed by atoms with van der Waals surface area (Å²) in [6.07, 6.45) is 4.29. The van der Waals surface area contributed by atoms with Gasteiger partial charge < -0.3 is 4.57 Å². The van der Waals surface area contributed by atoms with E-state index in [0.717, 1.165) is 21.3 Å². The number of sulfone groups is 1. The third-order valence-corrected chi connectivity index (χ3v) is 6.40. The Balaban J connectivity index is 2.02. The third-order valence-electron chi connectivity index (χ3n) is 3.95. The number of hydrogen-bond donors (Lipinski definition) is 0. The predicted molar refractivity (Wildman–Crippen MR) is 103 cm³/mol. The summed E-state index contributed by atoms with van der Waals surface area (Å²) in [5.74, 6) is 0.571. The van der Waals surface area contributed by atoms with E-state index < -0.39 is 9.84 Å². The Labute approximate surface area is 158 Å². The standard InChI is InChI=1S/C16H13N5O2S3/c1-20-9-19-21(16(20)24)14-13-12(7-25-15(13)18-8-17-14)10-4-3-5-11(6-10)26(2,22)23/h3-9H,1-2H3. The molecule has 7 nitrogen and oxygen atoms in total. The zero-order chi connectivity index (χ0) is 18.5. The van der Waals surface area contributed by atoms with Crippen LogP contribution in [0, 0.1) is 4.77 Å². The molecule has 132 valence electrons. The van der Waals surface area contributed by atoms with Crippen molar-refractivity contribution in [2.45, 2.75) is 4.90 Å².